The number of phosphoric acid groups is 1. The highest BCUT2D eigenvalue weighted by molar-refractivity contribution is 7.46. The van der Waals surface area contributed by atoms with Crippen LogP contribution >= 0.6 is 7.82 Å². The van der Waals surface area contributed by atoms with Crippen LogP contribution in [-0.4, -0.2) is 41.0 Å². The van der Waals surface area contributed by atoms with Gasteiger partial charge in [-0.2, -0.15) is 0 Å². The monoisotopic (exact) mass is 729 g/mol. The molecule has 0 aliphatic rings. The van der Waals surface area contributed by atoms with E-state index >= 15 is 0 Å². The van der Waals surface area contributed by atoms with Gasteiger partial charge in [0.05, 0.1) is 6.61 Å². The molecule has 0 spiro atoms. The van der Waals surface area contributed by atoms with E-state index in [0.717, 1.165) is 38.5 Å². The van der Waals surface area contributed by atoms with Gasteiger partial charge in [-0.25, -0.2) is 4.57 Å². The minimum Gasteiger partial charge on any atom is -0.462 e. The Labute approximate surface area is 307 Å². The first-order chi connectivity index (χ1) is 24.3. The van der Waals surface area contributed by atoms with E-state index in [1.54, 1.807) is 0 Å². The van der Waals surface area contributed by atoms with E-state index in [2.05, 4.69) is 42.7 Å². The van der Waals surface area contributed by atoms with Gasteiger partial charge in [-0.3, -0.25) is 14.1 Å². The molecule has 0 amide bonds. The minimum atomic E-state index is -4.75. The quantitative estimate of drug-likeness (QED) is 0.0279. The SMILES string of the molecule is CCCC/C=C/CCCCCCCCCCCC(=O)OC[C@H](COP(=O)(O)O)OC(=O)CCCCCCCCCCC/C=C/CCCCCC. The lowest BCUT2D eigenvalue weighted by Crippen LogP contribution is -2.29. The topological polar surface area (TPSA) is 119 Å². The van der Waals surface area contributed by atoms with Crippen molar-refractivity contribution in [2.45, 2.75) is 213 Å². The van der Waals surface area contributed by atoms with Gasteiger partial charge in [0.1, 0.15) is 6.61 Å². The summed E-state index contributed by atoms with van der Waals surface area (Å²) in [6.07, 6.45) is 41.8. The molecule has 0 aromatic rings. The second kappa shape index (κ2) is 37.3. The van der Waals surface area contributed by atoms with Crippen molar-refractivity contribution in [3.63, 3.8) is 0 Å². The van der Waals surface area contributed by atoms with E-state index in [1.807, 2.05) is 0 Å². The highest BCUT2D eigenvalue weighted by atomic mass is 31.2. The Morgan fingerprint density at radius 3 is 1.28 bits per heavy atom. The van der Waals surface area contributed by atoms with Crippen molar-refractivity contribution in [2.24, 2.45) is 0 Å². The smallest absolute Gasteiger partial charge is 0.462 e. The van der Waals surface area contributed by atoms with Gasteiger partial charge in [-0.15, -0.1) is 0 Å². The number of allylic oxidation sites excluding steroid dienone is 4. The number of ether oxygens (including phenoxy) is 2. The molecule has 0 saturated carbocycles. The van der Waals surface area contributed by atoms with Gasteiger partial charge >= 0.3 is 19.8 Å². The van der Waals surface area contributed by atoms with Crippen LogP contribution in [0.15, 0.2) is 24.3 Å². The van der Waals surface area contributed by atoms with Crippen LogP contribution in [0.2, 0.25) is 0 Å². The third kappa shape index (κ3) is 39.3. The zero-order valence-electron chi connectivity index (χ0n) is 32.3. The number of unbranched alkanes of at least 4 members (excludes halogenated alkanes) is 24. The van der Waals surface area contributed by atoms with Gasteiger partial charge < -0.3 is 19.3 Å². The summed E-state index contributed by atoms with van der Waals surface area (Å²) in [5, 5.41) is 0. The highest BCUT2D eigenvalue weighted by Crippen LogP contribution is 2.36. The third-order valence-corrected chi connectivity index (χ3v) is 9.43. The van der Waals surface area contributed by atoms with E-state index in [1.165, 1.54) is 135 Å². The van der Waals surface area contributed by atoms with Gasteiger partial charge in [0.2, 0.25) is 0 Å². The Hall–Kier alpha value is -1.47. The summed E-state index contributed by atoms with van der Waals surface area (Å²) < 4.78 is 26.4. The first-order valence-corrected chi connectivity index (χ1v) is 22.2. The summed E-state index contributed by atoms with van der Waals surface area (Å²) in [5.74, 6) is -0.884. The van der Waals surface area contributed by atoms with E-state index in [4.69, 9.17) is 19.3 Å². The average molecular weight is 729 g/mol. The Balaban J connectivity index is 3.90. The van der Waals surface area contributed by atoms with Crippen LogP contribution in [0.4, 0.5) is 0 Å². The van der Waals surface area contributed by atoms with Gasteiger partial charge in [-0.1, -0.05) is 160 Å². The second-order valence-electron chi connectivity index (χ2n) is 14.0. The first-order valence-electron chi connectivity index (χ1n) is 20.6. The summed E-state index contributed by atoms with van der Waals surface area (Å²) in [4.78, 5) is 42.8. The number of carbonyl (C=O) groups excluding carboxylic acids is 2. The van der Waals surface area contributed by atoms with E-state index in [9.17, 15) is 14.2 Å². The maximum Gasteiger partial charge on any atom is 0.469 e. The fraction of sp³-hybridized carbons (Fsp3) is 0.854. The highest BCUT2D eigenvalue weighted by Gasteiger charge is 2.22. The molecule has 294 valence electrons. The molecule has 8 nitrogen and oxygen atoms in total. The molecule has 0 aliphatic carbocycles. The number of rotatable bonds is 38. The minimum absolute atomic E-state index is 0.211. The molecule has 50 heavy (non-hydrogen) atoms. The van der Waals surface area contributed by atoms with Crippen molar-refractivity contribution in [3.05, 3.63) is 24.3 Å². The van der Waals surface area contributed by atoms with Gasteiger partial charge in [0.15, 0.2) is 6.10 Å². The van der Waals surface area contributed by atoms with Crippen molar-refractivity contribution in [1.82, 2.24) is 0 Å². The van der Waals surface area contributed by atoms with Gasteiger partial charge in [0, 0.05) is 12.8 Å². The first kappa shape index (κ1) is 48.5. The van der Waals surface area contributed by atoms with E-state index in [-0.39, 0.29) is 19.4 Å². The van der Waals surface area contributed by atoms with Crippen LogP contribution in [0, 0.1) is 0 Å². The zero-order chi connectivity index (χ0) is 36.8. The number of hydrogen-bond acceptors (Lipinski definition) is 6. The predicted molar refractivity (Wildman–Crippen MR) is 207 cm³/mol. The van der Waals surface area contributed by atoms with Crippen LogP contribution in [0.1, 0.15) is 206 Å². The predicted octanol–water partition coefficient (Wildman–Crippen LogP) is 12.4. The summed E-state index contributed by atoms with van der Waals surface area (Å²) in [6, 6.07) is 0. The molecule has 2 N–H and O–H groups in total. The van der Waals surface area contributed by atoms with Crippen LogP contribution in [0.3, 0.4) is 0 Å². The van der Waals surface area contributed by atoms with Crippen molar-refractivity contribution >= 4 is 19.8 Å². The molecule has 0 aliphatic heterocycles. The molecular formula is C41H77O8P. The molecule has 0 heterocycles. The Morgan fingerprint density at radius 2 is 0.860 bits per heavy atom. The summed E-state index contributed by atoms with van der Waals surface area (Å²) in [6.45, 7) is 3.65. The molecule has 0 bridgehead atoms. The average Bonchev–Trinajstić information content (AvgIpc) is 3.08. The molecule has 9 heteroatoms. The number of esters is 2. The Kier molecular flexibility index (Phi) is 36.2. The fourth-order valence-electron chi connectivity index (χ4n) is 5.82. The summed E-state index contributed by atoms with van der Waals surface area (Å²) in [5.41, 5.74) is 0. The standard InChI is InChI=1S/C41H77O8P/c1-3-5-7-9-11-13-15-17-19-20-22-24-26-28-30-32-34-36-41(43)49-39(38-48-50(44,45)46)37-47-40(42)35-33-31-29-27-25-23-21-18-16-14-12-10-8-6-4-2/h10,12-13,15,39H,3-9,11,14,16-38H2,1-2H3,(H2,44,45,46)/b12-10+,15-13+/t39-/m1/s1. The number of carbonyl (C=O) groups is 2. The number of hydrogen-bond donors (Lipinski definition) is 2. The molecule has 0 fully saturated rings. The zero-order valence-corrected chi connectivity index (χ0v) is 33.2. The Morgan fingerprint density at radius 1 is 0.500 bits per heavy atom. The molecule has 0 aromatic carbocycles. The van der Waals surface area contributed by atoms with Gasteiger partial charge in [0.25, 0.3) is 0 Å². The summed E-state index contributed by atoms with van der Waals surface area (Å²) in [7, 11) is -4.75. The van der Waals surface area contributed by atoms with Crippen molar-refractivity contribution < 1.29 is 37.9 Å². The molecule has 0 radical (unpaired) electrons. The normalized spacial score (nSPS) is 12.6. The molecule has 1 atom stereocenters. The lowest BCUT2D eigenvalue weighted by Gasteiger charge is -2.18. The molecule has 0 unspecified atom stereocenters. The lowest BCUT2D eigenvalue weighted by atomic mass is 10.1. The largest absolute Gasteiger partial charge is 0.469 e. The van der Waals surface area contributed by atoms with Crippen molar-refractivity contribution in [2.75, 3.05) is 13.2 Å². The van der Waals surface area contributed by atoms with E-state index in [0.29, 0.717) is 6.42 Å². The summed E-state index contributed by atoms with van der Waals surface area (Å²) >= 11 is 0. The van der Waals surface area contributed by atoms with Gasteiger partial charge in [-0.05, 0) is 57.8 Å². The lowest BCUT2D eigenvalue weighted by molar-refractivity contribution is -0.161. The van der Waals surface area contributed by atoms with Crippen molar-refractivity contribution in [1.29, 1.82) is 0 Å². The molecular weight excluding hydrogens is 651 g/mol. The molecule has 0 rings (SSSR count). The Bertz CT molecular complexity index is 869. The van der Waals surface area contributed by atoms with E-state index < -0.39 is 32.5 Å². The van der Waals surface area contributed by atoms with Crippen LogP contribution in [-0.2, 0) is 28.2 Å². The molecule has 0 saturated heterocycles. The van der Waals surface area contributed by atoms with Crippen LogP contribution in [0.5, 0.6) is 0 Å². The van der Waals surface area contributed by atoms with Crippen LogP contribution < -0.4 is 0 Å². The van der Waals surface area contributed by atoms with Crippen LogP contribution in [0.25, 0.3) is 0 Å². The molecule has 0 aromatic heterocycles. The van der Waals surface area contributed by atoms with Crippen molar-refractivity contribution in [3.8, 4) is 0 Å². The second-order valence-corrected chi connectivity index (χ2v) is 15.2. The maximum absolute atomic E-state index is 12.4. The number of phosphoric ester groups is 1. The maximum atomic E-state index is 12.4. The fourth-order valence-corrected chi connectivity index (χ4v) is 6.18. The third-order valence-electron chi connectivity index (χ3n) is 8.94.